The number of ether oxygens (including phenoxy) is 2. The Morgan fingerprint density at radius 1 is 1.06 bits per heavy atom. The normalized spacial score (nSPS) is 11.8. The van der Waals surface area contributed by atoms with Crippen LogP contribution in [0.4, 0.5) is 0 Å². The van der Waals surface area contributed by atoms with Crippen molar-refractivity contribution in [3.63, 3.8) is 0 Å². The quantitative estimate of drug-likeness (QED) is 0.346. The summed E-state index contributed by atoms with van der Waals surface area (Å²) in [4.78, 5) is 29.7. The molecule has 0 fully saturated rings. The lowest BCUT2D eigenvalue weighted by molar-refractivity contribution is 0.0526. The van der Waals surface area contributed by atoms with E-state index in [1.54, 1.807) is 50.4 Å². The third-order valence-electron chi connectivity index (χ3n) is 5.11. The molecule has 0 aliphatic rings. The van der Waals surface area contributed by atoms with E-state index in [9.17, 15) is 9.59 Å². The molecule has 0 saturated heterocycles. The number of rotatable bonds is 6. The summed E-state index contributed by atoms with van der Waals surface area (Å²) >= 11 is 1.24. The van der Waals surface area contributed by atoms with Crippen molar-refractivity contribution in [3.8, 4) is 28.5 Å². The number of benzene rings is 2. The highest BCUT2D eigenvalue weighted by Crippen LogP contribution is 2.24. The molecular weight excluding hydrogens is 454 g/mol. The van der Waals surface area contributed by atoms with Crippen molar-refractivity contribution in [2.45, 2.75) is 6.92 Å². The number of carbonyl (C=O) groups excluding carboxylic acids is 1. The average Bonchev–Trinajstić information content (AvgIpc) is 3.57. The van der Waals surface area contributed by atoms with Gasteiger partial charge in [0, 0.05) is 17.2 Å². The van der Waals surface area contributed by atoms with E-state index in [1.807, 2.05) is 30.3 Å². The summed E-state index contributed by atoms with van der Waals surface area (Å²) in [5.74, 6) is 2.00. The summed E-state index contributed by atoms with van der Waals surface area (Å²) < 4.78 is 17.8. The fraction of sp³-hybridized carbons (Fsp3) is 0.120. The standard InChI is InChI=1S/C25H19N3O5S/c1-3-32-24(30)17-6-4-15(5-7-17)20-13-12-19(33-20)14-21-23(29)28-25(34-21)26-22(27-28)16-8-10-18(31-2)11-9-16/h4-14H,3H2,1-2H3/b21-14-. The van der Waals surface area contributed by atoms with Gasteiger partial charge in [-0.15, -0.1) is 5.10 Å². The number of hydrogen-bond acceptors (Lipinski definition) is 8. The third kappa shape index (κ3) is 4.08. The van der Waals surface area contributed by atoms with Crippen molar-refractivity contribution in [2.24, 2.45) is 0 Å². The first-order valence-corrected chi connectivity index (χ1v) is 11.3. The molecule has 0 bridgehead atoms. The molecule has 9 heteroatoms. The number of methoxy groups -OCH3 is 1. The third-order valence-corrected chi connectivity index (χ3v) is 6.07. The zero-order valence-corrected chi connectivity index (χ0v) is 19.2. The first-order chi connectivity index (χ1) is 16.6. The molecule has 3 heterocycles. The molecule has 0 atom stereocenters. The number of carbonyl (C=O) groups is 1. The van der Waals surface area contributed by atoms with E-state index in [-0.39, 0.29) is 11.5 Å². The second kappa shape index (κ2) is 8.95. The number of thiazole rings is 1. The van der Waals surface area contributed by atoms with E-state index < -0.39 is 0 Å². The van der Waals surface area contributed by atoms with Gasteiger partial charge in [-0.2, -0.15) is 9.50 Å². The molecule has 0 amide bonds. The van der Waals surface area contributed by atoms with Crippen molar-refractivity contribution in [1.29, 1.82) is 0 Å². The Hall–Kier alpha value is -4.24. The van der Waals surface area contributed by atoms with Gasteiger partial charge < -0.3 is 13.9 Å². The summed E-state index contributed by atoms with van der Waals surface area (Å²) in [6.07, 6.45) is 1.67. The Balaban J connectivity index is 1.41. The number of fused-ring (bicyclic) bond motifs is 1. The van der Waals surface area contributed by atoms with E-state index in [0.29, 0.717) is 39.0 Å². The molecule has 170 valence electrons. The molecule has 8 nitrogen and oxygen atoms in total. The van der Waals surface area contributed by atoms with Crippen LogP contribution in [0.25, 0.3) is 33.7 Å². The first-order valence-electron chi connectivity index (χ1n) is 10.5. The highest BCUT2D eigenvalue weighted by atomic mass is 32.1. The van der Waals surface area contributed by atoms with Gasteiger partial charge in [-0.3, -0.25) is 4.79 Å². The molecular formula is C25H19N3O5S. The second-order valence-electron chi connectivity index (χ2n) is 7.27. The topological polar surface area (TPSA) is 95.9 Å². The van der Waals surface area contributed by atoms with Gasteiger partial charge in [0.15, 0.2) is 5.82 Å². The van der Waals surface area contributed by atoms with Gasteiger partial charge >= 0.3 is 5.97 Å². The van der Waals surface area contributed by atoms with Gasteiger partial charge in [-0.05, 0) is 55.5 Å². The van der Waals surface area contributed by atoms with Crippen molar-refractivity contribution in [2.75, 3.05) is 13.7 Å². The molecule has 0 radical (unpaired) electrons. The summed E-state index contributed by atoms with van der Waals surface area (Å²) in [5, 5.41) is 4.36. The van der Waals surface area contributed by atoms with E-state index in [0.717, 1.165) is 16.9 Å². The molecule has 5 rings (SSSR count). The van der Waals surface area contributed by atoms with Gasteiger partial charge in [0.2, 0.25) is 4.96 Å². The average molecular weight is 474 g/mol. The minimum atomic E-state index is -0.364. The summed E-state index contributed by atoms with van der Waals surface area (Å²) in [5.41, 5.74) is 1.82. The van der Waals surface area contributed by atoms with Gasteiger partial charge in [0.25, 0.3) is 5.56 Å². The number of hydrogen-bond donors (Lipinski definition) is 0. The Morgan fingerprint density at radius 3 is 2.47 bits per heavy atom. The van der Waals surface area contributed by atoms with Gasteiger partial charge in [-0.1, -0.05) is 23.5 Å². The number of furan rings is 1. The fourth-order valence-electron chi connectivity index (χ4n) is 3.40. The van der Waals surface area contributed by atoms with Crippen LogP contribution in [-0.2, 0) is 4.74 Å². The minimum Gasteiger partial charge on any atom is -0.497 e. The van der Waals surface area contributed by atoms with Crippen LogP contribution in [0.3, 0.4) is 0 Å². The molecule has 0 spiro atoms. The molecule has 3 aromatic heterocycles. The van der Waals surface area contributed by atoms with Crippen LogP contribution in [0.15, 0.2) is 69.9 Å². The van der Waals surface area contributed by atoms with Crippen molar-refractivity contribution < 1.29 is 18.7 Å². The van der Waals surface area contributed by atoms with E-state index in [1.165, 1.54) is 15.9 Å². The maximum absolute atomic E-state index is 12.8. The van der Waals surface area contributed by atoms with E-state index >= 15 is 0 Å². The van der Waals surface area contributed by atoms with Crippen molar-refractivity contribution in [3.05, 3.63) is 86.9 Å². The van der Waals surface area contributed by atoms with Crippen LogP contribution in [-0.4, -0.2) is 34.3 Å². The summed E-state index contributed by atoms with van der Waals surface area (Å²) in [6, 6.07) is 17.9. The van der Waals surface area contributed by atoms with E-state index in [2.05, 4.69) is 10.1 Å². The van der Waals surface area contributed by atoms with Crippen molar-refractivity contribution in [1.82, 2.24) is 14.6 Å². The van der Waals surface area contributed by atoms with Crippen LogP contribution in [0, 0.1) is 0 Å². The molecule has 0 aliphatic heterocycles. The minimum absolute atomic E-state index is 0.260. The first kappa shape index (κ1) is 21.6. The summed E-state index contributed by atoms with van der Waals surface area (Å²) in [6.45, 7) is 2.09. The van der Waals surface area contributed by atoms with Crippen LogP contribution < -0.4 is 14.8 Å². The summed E-state index contributed by atoms with van der Waals surface area (Å²) in [7, 11) is 1.60. The van der Waals surface area contributed by atoms with E-state index in [4.69, 9.17) is 13.9 Å². The Morgan fingerprint density at radius 2 is 1.79 bits per heavy atom. The number of aromatic nitrogens is 3. The molecule has 0 saturated carbocycles. The molecule has 5 aromatic rings. The molecule has 0 N–H and O–H groups in total. The molecule has 2 aromatic carbocycles. The fourth-order valence-corrected chi connectivity index (χ4v) is 4.28. The van der Waals surface area contributed by atoms with Crippen LogP contribution >= 0.6 is 11.3 Å². The van der Waals surface area contributed by atoms with Gasteiger partial charge in [-0.25, -0.2) is 4.79 Å². The monoisotopic (exact) mass is 473 g/mol. The van der Waals surface area contributed by atoms with Crippen LogP contribution in [0.5, 0.6) is 5.75 Å². The lowest BCUT2D eigenvalue weighted by atomic mass is 10.1. The van der Waals surface area contributed by atoms with Gasteiger partial charge in [0.1, 0.15) is 21.8 Å². The molecule has 34 heavy (non-hydrogen) atoms. The smallest absolute Gasteiger partial charge is 0.338 e. The van der Waals surface area contributed by atoms with Crippen LogP contribution in [0.1, 0.15) is 23.0 Å². The molecule has 0 unspecified atom stereocenters. The Labute approximate surface area is 197 Å². The maximum Gasteiger partial charge on any atom is 0.338 e. The lowest BCUT2D eigenvalue weighted by Gasteiger charge is -2.02. The highest BCUT2D eigenvalue weighted by Gasteiger charge is 2.13. The largest absolute Gasteiger partial charge is 0.497 e. The zero-order valence-electron chi connectivity index (χ0n) is 18.3. The van der Waals surface area contributed by atoms with Crippen LogP contribution in [0.2, 0.25) is 0 Å². The number of esters is 1. The lowest BCUT2D eigenvalue weighted by Crippen LogP contribution is -2.23. The SMILES string of the molecule is CCOC(=O)c1ccc(-c2ccc(/C=c3\sc4nc(-c5ccc(OC)cc5)nn4c3=O)o2)cc1. The predicted octanol–water partition coefficient (Wildman–Crippen LogP) is 3.81. The Kier molecular flexibility index (Phi) is 5.69. The molecule has 0 aliphatic carbocycles. The number of nitrogens with zero attached hydrogens (tertiary/aromatic N) is 3. The highest BCUT2D eigenvalue weighted by molar-refractivity contribution is 7.15. The Bertz CT molecular complexity index is 1580. The predicted molar refractivity (Wildman–Crippen MR) is 128 cm³/mol. The zero-order chi connectivity index (χ0) is 23.7. The van der Waals surface area contributed by atoms with Crippen molar-refractivity contribution >= 4 is 28.3 Å². The second-order valence-corrected chi connectivity index (χ2v) is 8.28. The maximum atomic E-state index is 12.8. The van der Waals surface area contributed by atoms with Gasteiger partial charge in [0.05, 0.1) is 19.3 Å².